The second kappa shape index (κ2) is 13.5. The molecule has 1 unspecified atom stereocenters. The zero-order valence-corrected chi connectivity index (χ0v) is 18.7. The van der Waals surface area contributed by atoms with E-state index in [0.29, 0.717) is 38.9 Å². The number of nitrogens with one attached hydrogen (secondary N) is 1. The highest BCUT2D eigenvalue weighted by Crippen LogP contribution is 2.25. The van der Waals surface area contributed by atoms with Gasteiger partial charge in [0, 0.05) is 19.6 Å². The molecule has 0 spiro atoms. The molecule has 2 aliphatic heterocycles. The Bertz CT molecular complexity index is 555. The lowest BCUT2D eigenvalue weighted by atomic mass is 10.1. The fourth-order valence-corrected chi connectivity index (χ4v) is 4.69. The van der Waals surface area contributed by atoms with E-state index < -0.39 is 18.2 Å². The fourth-order valence-electron chi connectivity index (χ4n) is 4.69. The summed E-state index contributed by atoms with van der Waals surface area (Å²) in [5.74, 6) is -0.289. The molecule has 2 fully saturated rings. The molecule has 2 aliphatic rings. The highest BCUT2D eigenvalue weighted by atomic mass is 16.4. The Hall–Kier alpha value is -1.79. The quantitative estimate of drug-likeness (QED) is 0.435. The first-order valence-corrected chi connectivity index (χ1v) is 12.1. The van der Waals surface area contributed by atoms with E-state index in [1.807, 2.05) is 0 Å². The molecule has 0 aromatic carbocycles. The van der Waals surface area contributed by atoms with Crippen LogP contribution in [0, 0.1) is 0 Å². The van der Waals surface area contributed by atoms with Crippen molar-refractivity contribution in [2.24, 2.45) is 0 Å². The van der Waals surface area contributed by atoms with E-state index >= 15 is 0 Å². The molecule has 0 aliphatic carbocycles. The standard InChI is InChI=1S/C23H41N3O4/c1-2-3-4-5-6-7-8-9-10-11-16-24-21(27)19-14-12-17-25(19)22(28)20-15-13-18-26(20)23(29)30/h19-20H,2-18H2,1H3,(H,24,27)(H,29,30)/t19-,20?/m0/s1. The average molecular weight is 424 g/mol. The van der Waals surface area contributed by atoms with Gasteiger partial charge in [0.15, 0.2) is 0 Å². The van der Waals surface area contributed by atoms with Gasteiger partial charge in [0.05, 0.1) is 0 Å². The minimum absolute atomic E-state index is 0.0864. The van der Waals surface area contributed by atoms with Crippen LogP contribution in [0.1, 0.15) is 96.8 Å². The third kappa shape index (κ3) is 7.47. The lowest BCUT2D eigenvalue weighted by molar-refractivity contribution is -0.141. The molecule has 172 valence electrons. The normalized spacial score (nSPS) is 21.2. The SMILES string of the molecule is CCCCCCCCCCCCNC(=O)[C@@H]1CCCN1C(=O)C1CCCN1C(=O)O. The van der Waals surface area contributed by atoms with Gasteiger partial charge in [-0.15, -0.1) is 0 Å². The lowest BCUT2D eigenvalue weighted by Gasteiger charge is -2.29. The first-order chi connectivity index (χ1) is 14.6. The van der Waals surface area contributed by atoms with Gasteiger partial charge in [0.25, 0.3) is 0 Å². The molecule has 3 amide bonds. The van der Waals surface area contributed by atoms with Crippen LogP contribution in [0.2, 0.25) is 0 Å². The van der Waals surface area contributed by atoms with Crippen LogP contribution in [0.15, 0.2) is 0 Å². The molecule has 30 heavy (non-hydrogen) atoms. The molecule has 2 rings (SSSR count). The number of nitrogens with zero attached hydrogens (tertiary/aromatic N) is 2. The summed E-state index contributed by atoms with van der Waals surface area (Å²) in [4.78, 5) is 39.7. The van der Waals surface area contributed by atoms with Crippen molar-refractivity contribution in [3.8, 4) is 0 Å². The van der Waals surface area contributed by atoms with Crippen molar-refractivity contribution in [1.82, 2.24) is 15.1 Å². The molecule has 0 aromatic heterocycles. The summed E-state index contributed by atoms with van der Waals surface area (Å²) in [6.45, 7) is 3.83. The van der Waals surface area contributed by atoms with Crippen LogP contribution in [0.4, 0.5) is 4.79 Å². The highest BCUT2D eigenvalue weighted by molar-refractivity contribution is 5.92. The van der Waals surface area contributed by atoms with Gasteiger partial charge in [-0.2, -0.15) is 0 Å². The first-order valence-electron chi connectivity index (χ1n) is 12.1. The lowest BCUT2D eigenvalue weighted by Crippen LogP contribution is -2.52. The van der Waals surface area contributed by atoms with Gasteiger partial charge in [-0.3, -0.25) is 14.5 Å². The molecule has 7 heteroatoms. The van der Waals surface area contributed by atoms with Crippen LogP contribution in [-0.4, -0.2) is 64.5 Å². The van der Waals surface area contributed by atoms with E-state index in [4.69, 9.17) is 0 Å². The Morgan fingerprint density at radius 3 is 1.93 bits per heavy atom. The second-order valence-corrected chi connectivity index (χ2v) is 8.80. The third-order valence-corrected chi connectivity index (χ3v) is 6.45. The van der Waals surface area contributed by atoms with Crippen LogP contribution < -0.4 is 5.32 Å². The fraction of sp³-hybridized carbons (Fsp3) is 0.870. The smallest absolute Gasteiger partial charge is 0.407 e. The van der Waals surface area contributed by atoms with E-state index in [2.05, 4.69) is 12.2 Å². The second-order valence-electron chi connectivity index (χ2n) is 8.80. The maximum Gasteiger partial charge on any atom is 0.407 e. The largest absolute Gasteiger partial charge is 0.465 e. The van der Waals surface area contributed by atoms with E-state index in [0.717, 1.165) is 19.3 Å². The van der Waals surface area contributed by atoms with Crippen LogP contribution in [0.25, 0.3) is 0 Å². The van der Waals surface area contributed by atoms with Gasteiger partial charge in [-0.25, -0.2) is 4.79 Å². The van der Waals surface area contributed by atoms with Crippen molar-refractivity contribution in [2.45, 2.75) is 109 Å². The summed E-state index contributed by atoms with van der Waals surface area (Å²) in [6, 6.07) is -1.07. The Morgan fingerprint density at radius 1 is 0.800 bits per heavy atom. The van der Waals surface area contributed by atoms with Crippen LogP contribution >= 0.6 is 0 Å². The van der Waals surface area contributed by atoms with Gasteiger partial charge in [-0.1, -0.05) is 64.7 Å². The molecule has 2 saturated heterocycles. The summed E-state index contributed by atoms with van der Waals surface area (Å²) in [7, 11) is 0. The van der Waals surface area contributed by atoms with Gasteiger partial charge in [0.2, 0.25) is 11.8 Å². The summed E-state index contributed by atoms with van der Waals surface area (Å²) >= 11 is 0. The summed E-state index contributed by atoms with van der Waals surface area (Å²) < 4.78 is 0. The monoisotopic (exact) mass is 423 g/mol. The number of likely N-dealkylation sites (tertiary alicyclic amines) is 2. The molecule has 7 nitrogen and oxygen atoms in total. The van der Waals surface area contributed by atoms with Gasteiger partial charge < -0.3 is 15.3 Å². The predicted octanol–water partition coefficient (Wildman–Crippen LogP) is 4.16. The number of carbonyl (C=O) groups is 3. The van der Waals surface area contributed by atoms with Crippen LogP contribution in [0.5, 0.6) is 0 Å². The number of hydrogen-bond donors (Lipinski definition) is 2. The number of rotatable bonds is 13. The Kier molecular flexibility index (Phi) is 11.0. The maximum atomic E-state index is 12.9. The number of carbonyl (C=O) groups excluding carboxylic acids is 2. The summed E-state index contributed by atoms with van der Waals surface area (Å²) in [5, 5.41) is 12.3. The number of unbranched alkanes of at least 4 members (excludes halogenated alkanes) is 9. The third-order valence-electron chi connectivity index (χ3n) is 6.45. The molecule has 2 heterocycles. The summed E-state index contributed by atoms with van der Waals surface area (Å²) in [5.41, 5.74) is 0. The Morgan fingerprint density at radius 2 is 1.33 bits per heavy atom. The minimum atomic E-state index is -1.05. The van der Waals surface area contributed by atoms with Gasteiger partial charge >= 0.3 is 6.09 Å². The molecular weight excluding hydrogens is 382 g/mol. The van der Waals surface area contributed by atoms with Crippen molar-refractivity contribution in [3.05, 3.63) is 0 Å². The predicted molar refractivity (Wildman–Crippen MR) is 117 cm³/mol. The summed E-state index contributed by atoms with van der Waals surface area (Å²) in [6.07, 6.45) is 14.2. The molecule has 0 aromatic rings. The van der Waals surface area contributed by atoms with Crippen LogP contribution in [-0.2, 0) is 9.59 Å². The number of hydrogen-bond acceptors (Lipinski definition) is 3. The molecule has 0 bridgehead atoms. The molecule has 2 atom stereocenters. The zero-order chi connectivity index (χ0) is 21.8. The van der Waals surface area contributed by atoms with E-state index in [-0.39, 0.29) is 11.8 Å². The van der Waals surface area contributed by atoms with E-state index in [1.165, 1.54) is 56.3 Å². The van der Waals surface area contributed by atoms with Crippen molar-refractivity contribution in [3.63, 3.8) is 0 Å². The Labute approximate surface area is 181 Å². The van der Waals surface area contributed by atoms with Crippen molar-refractivity contribution < 1.29 is 19.5 Å². The molecule has 2 N–H and O–H groups in total. The average Bonchev–Trinajstić information content (AvgIpc) is 3.41. The van der Waals surface area contributed by atoms with E-state index in [1.54, 1.807) is 4.90 Å². The topological polar surface area (TPSA) is 90.0 Å². The minimum Gasteiger partial charge on any atom is -0.465 e. The number of amides is 3. The van der Waals surface area contributed by atoms with E-state index in [9.17, 15) is 19.5 Å². The van der Waals surface area contributed by atoms with Gasteiger partial charge in [0.1, 0.15) is 12.1 Å². The first kappa shape index (κ1) is 24.5. The van der Waals surface area contributed by atoms with Gasteiger partial charge in [-0.05, 0) is 32.1 Å². The van der Waals surface area contributed by atoms with Crippen molar-refractivity contribution in [2.75, 3.05) is 19.6 Å². The molecule has 0 saturated carbocycles. The molecule has 0 radical (unpaired) electrons. The van der Waals surface area contributed by atoms with Crippen molar-refractivity contribution >= 4 is 17.9 Å². The highest BCUT2D eigenvalue weighted by Gasteiger charge is 2.41. The maximum absolute atomic E-state index is 12.9. The van der Waals surface area contributed by atoms with Crippen LogP contribution in [0.3, 0.4) is 0 Å². The zero-order valence-electron chi connectivity index (χ0n) is 18.7. The number of carboxylic acid groups (broad SMARTS) is 1. The Balaban J connectivity index is 1.61. The van der Waals surface area contributed by atoms with Crippen molar-refractivity contribution in [1.29, 1.82) is 0 Å². The molecular formula is C23H41N3O4.